The third kappa shape index (κ3) is 3.20. The molecule has 2 atom stereocenters. The number of hydrogen-bond donors (Lipinski definition) is 1. The van der Waals surface area contributed by atoms with E-state index in [0.717, 1.165) is 30.9 Å². The zero-order chi connectivity index (χ0) is 15.4. The average molecular weight is 299 g/mol. The SMILES string of the molecule is CNCC(Cc1ccco1)C1CCCc2cc(OC)ccc21. The van der Waals surface area contributed by atoms with Crippen LogP contribution < -0.4 is 10.1 Å². The lowest BCUT2D eigenvalue weighted by atomic mass is 9.74. The van der Waals surface area contributed by atoms with Gasteiger partial charge in [0.15, 0.2) is 0 Å². The van der Waals surface area contributed by atoms with Gasteiger partial charge in [0.25, 0.3) is 0 Å². The maximum absolute atomic E-state index is 5.58. The monoisotopic (exact) mass is 299 g/mol. The van der Waals surface area contributed by atoms with E-state index in [1.807, 2.05) is 13.1 Å². The molecule has 0 saturated heterocycles. The first-order chi connectivity index (χ1) is 10.8. The highest BCUT2D eigenvalue weighted by molar-refractivity contribution is 5.39. The van der Waals surface area contributed by atoms with E-state index in [0.29, 0.717) is 11.8 Å². The van der Waals surface area contributed by atoms with Gasteiger partial charge in [-0.05, 0) is 80.1 Å². The molecule has 1 aromatic carbocycles. The van der Waals surface area contributed by atoms with Gasteiger partial charge in [-0.25, -0.2) is 0 Å². The van der Waals surface area contributed by atoms with Crippen LogP contribution >= 0.6 is 0 Å². The Hall–Kier alpha value is -1.74. The quantitative estimate of drug-likeness (QED) is 0.881. The minimum absolute atomic E-state index is 0.559. The summed E-state index contributed by atoms with van der Waals surface area (Å²) in [5.41, 5.74) is 2.95. The molecule has 1 aliphatic carbocycles. The van der Waals surface area contributed by atoms with Gasteiger partial charge in [0.05, 0.1) is 13.4 Å². The molecule has 0 aliphatic heterocycles. The Morgan fingerprint density at radius 1 is 1.36 bits per heavy atom. The second-order valence-corrected chi connectivity index (χ2v) is 6.16. The summed E-state index contributed by atoms with van der Waals surface area (Å²) in [4.78, 5) is 0. The molecule has 1 N–H and O–H groups in total. The molecule has 3 heteroatoms. The summed E-state index contributed by atoms with van der Waals surface area (Å²) < 4.78 is 11.0. The van der Waals surface area contributed by atoms with Crippen molar-refractivity contribution in [2.75, 3.05) is 20.7 Å². The van der Waals surface area contributed by atoms with E-state index >= 15 is 0 Å². The third-order valence-corrected chi connectivity index (χ3v) is 4.79. The van der Waals surface area contributed by atoms with E-state index in [-0.39, 0.29) is 0 Å². The fraction of sp³-hybridized carbons (Fsp3) is 0.474. The van der Waals surface area contributed by atoms with Crippen LogP contribution in [0.5, 0.6) is 5.75 Å². The summed E-state index contributed by atoms with van der Waals surface area (Å²) >= 11 is 0. The lowest BCUT2D eigenvalue weighted by Crippen LogP contribution is -2.28. The molecule has 22 heavy (non-hydrogen) atoms. The molecule has 118 valence electrons. The summed E-state index contributed by atoms with van der Waals surface area (Å²) in [6.45, 7) is 1.01. The number of nitrogens with one attached hydrogen (secondary N) is 1. The molecule has 0 fully saturated rings. The van der Waals surface area contributed by atoms with Crippen molar-refractivity contribution in [3.8, 4) is 5.75 Å². The molecule has 0 radical (unpaired) electrons. The minimum Gasteiger partial charge on any atom is -0.497 e. The van der Waals surface area contributed by atoms with Crippen molar-refractivity contribution in [3.63, 3.8) is 0 Å². The van der Waals surface area contributed by atoms with Gasteiger partial charge in [0, 0.05) is 6.42 Å². The van der Waals surface area contributed by atoms with Gasteiger partial charge in [-0.2, -0.15) is 0 Å². The predicted molar refractivity (Wildman–Crippen MR) is 88.5 cm³/mol. The Balaban J connectivity index is 1.86. The van der Waals surface area contributed by atoms with Crippen LogP contribution in [0.3, 0.4) is 0 Å². The molecule has 3 rings (SSSR count). The number of ether oxygens (including phenoxy) is 1. The second-order valence-electron chi connectivity index (χ2n) is 6.16. The van der Waals surface area contributed by atoms with Crippen molar-refractivity contribution in [3.05, 3.63) is 53.5 Å². The number of aryl methyl sites for hydroxylation is 1. The van der Waals surface area contributed by atoms with Crippen LogP contribution in [0.4, 0.5) is 0 Å². The van der Waals surface area contributed by atoms with Gasteiger partial charge >= 0.3 is 0 Å². The zero-order valence-electron chi connectivity index (χ0n) is 13.5. The van der Waals surface area contributed by atoms with Gasteiger partial charge in [-0.15, -0.1) is 0 Å². The highest BCUT2D eigenvalue weighted by Gasteiger charge is 2.28. The highest BCUT2D eigenvalue weighted by Crippen LogP contribution is 2.39. The van der Waals surface area contributed by atoms with E-state index < -0.39 is 0 Å². The van der Waals surface area contributed by atoms with Crippen molar-refractivity contribution in [2.24, 2.45) is 5.92 Å². The maximum Gasteiger partial charge on any atom is 0.119 e. The molecule has 0 saturated carbocycles. The molecule has 3 nitrogen and oxygen atoms in total. The Bertz CT molecular complexity index is 591. The number of rotatable bonds is 6. The first-order valence-corrected chi connectivity index (χ1v) is 8.15. The van der Waals surface area contributed by atoms with Gasteiger partial charge in [0.1, 0.15) is 11.5 Å². The average Bonchev–Trinajstić information content (AvgIpc) is 3.06. The number of fused-ring (bicyclic) bond motifs is 1. The Morgan fingerprint density at radius 2 is 2.27 bits per heavy atom. The fourth-order valence-electron chi connectivity index (χ4n) is 3.75. The summed E-state index contributed by atoms with van der Waals surface area (Å²) in [6.07, 6.45) is 6.43. The molecule has 1 aromatic heterocycles. The smallest absolute Gasteiger partial charge is 0.119 e. The Morgan fingerprint density at radius 3 is 3.00 bits per heavy atom. The molecule has 1 heterocycles. The third-order valence-electron chi connectivity index (χ3n) is 4.79. The van der Waals surface area contributed by atoms with Crippen LogP contribution in [-0.4, -0.2) is 20.7 Å². The standard InChI is InChI=1S/C19H25NO2/c1-20-13-15(12-17-6-4-10-22-17)18-7-3-5-14-11-16(21-2)8-9-19(14)18/h4,6,8-11,15,18,20H,3,5,7,12-13H2,1-2H3. The molecule has 2 unspecified atom stereocenters. The predicted octanol–water partition coefficient (Wildman–Crippen LogP) is 3.79. The first-order valence-electron chi connectivity index (χ1n) is 8.15. The van der Waals surface area contributed by atoms with E-state index in [1.54, 1.807) is 13.4 Å². The van der Waals surface area contributed by atoms with Crippen LogP contribution in [0, 0.1) is 5.92 Å². The number of furan rings is 1. The van der Waals surface area contributed by atoms with Crippen LogP contribution in [0.15, 0.2) is 41.0 Å². The summed E-state index contributed by atoms with van der Waals surface area (Å²) in [6, 6.07) is 10.6. The van der Waals surface area contributed by atoms with E-state index in [2.05, 4.69) is 29.6 Å². The van der Waals surface area contributed by atoms with Crippen molar-refractivity contribution in [1.82, 2.24) is 5.32 Å². The molecule has 0 spiro atoms. The molecule has 0 amide bonds. The van der Waals surface area contributed by atoms with E-state index in [4.69, 9.17) is 9.15 Å². The van der Waals surface area contributed by atoms with Crippen LogP contribution in [0.2, 0.25) is 0 Å². The topological polar surface area (TPSA) is 34.4 Å². The maximum atomic E-state index is 5.58. The summed E-state index contributed by atoms with van der Waals surface area (Å²) in [5, 5.41) is 3.36. The van der Waals surface area contributed by atoms with Gasteiger partial charge in [-0.3, -0.25) is 0 Å². The normalized spacial score (nSPS) is 18.7. The minimum atomic E-state index is 0.559. The lowest BCUT2D eigenvalue weighted by Gasteiger charge is -2.32. The van der Waals surface area contributed by atoms with E-state index in [9.17, 15) is 0 Å². The van der Waals surface area contributed by atoms with Crippen molar-refractivity contribution >= 4 is 0 Å². The zero-order valence-corrected chi connectivity index (χ0v) is 13.5. The summed E-state index contributed by atoms with van der Waals surface area (Å²) in [7, 11) is 3.77. The number of methoxy groups -OCH3 is 1. The molecule has 2 aromatic rings. The largest absolute Gasteiger partial charge is 0.497 e. The van der Waals surface area contributed by atoms with Crippen molar-refractivity contribution in [2.45, 2.75) is 31.6 Å². The lowest BCUT2D eigenvalue weighted by molar-refractivity contribution is 0.340. The van der Waals surface area contributed by atoms with Gasteiger partial charge in [-0.1, -0.05) is 6.07 Å². The molecule has 1 aliphatic rings. The molecule has 0 bridgehead atoms. The van der Waals surface area contributed by atoms with Crippen LogP contribution in [0.1, 0.15) is 35.6 Å². The highest BCUT2D eigenvalue weighted by atomic mass is 16.5. The van der Waals surface area contributed by atoms with Crippen LogP contribution in [-0.2, 0) is 12.8 Å². The van der Waals surface area contributed by atoms with Crippen molar-refractivity contribution in [1.29, 1.82) is 0 Å². The summed E-state index contributed by atoms with van der Waals surface area (Å²) in [5.74, 6) is 3.20. The Labute approximate surface area is 132 Å². The van der Waals surface area contributed by atoms with E-state index in [1.165, 1.54) is 24.0 Å². The van der Waals surface area contributed by atoms with Gasteiger partial charge in [0.2, 0.25) is 0 Å². The second kappa shape index (κ2) is 7.01. The van der Waals surface area contributed by atoms with Crippen LogP contribution in [0.25, 0.3) is 0 Å². The molecular formula is C19H25NO2. The molecular weight excluding hydrogens is 274 g/mol. The fourth-order valence-corrected chi connectivity index (χ4v) is 3.75. The number of hydrogen-bond acceptors (Lipinski definition) is 3. The Kier molecular flexibility index (Phi) is 4.84. The van der Waals surface area contributed by atoms with Gasteiger partial charge < -0.3 is 14.5 Å². The first kappa shape index (κ1) is 15.2. The number of benzene rings is 1. The van der Waals surface area contributed by atoms with Crippen molar-refractivity contribution < 1.29 is 9.15 Å².